The van der Waals surface area contributed by atoms with Crippen molar-refractivity contribution in [2.75, 3.05) is 13.2 Å². The topological polar surface area (TPSA) is 78.9 Å². The lowest BCUT2D eigenvalue weighted by atomic mass is 10.0. The molecular weight excluding hydrogens is 769 g/mol. The number of carbonyl (C=O) groups excluding carboxylic acids is 3. The Morgan fingerprint density at radius 3 is 0.984 bits per heavy atom. The Labute approximate surface area is 384 Å². The molecule has 0 saturated heterocycles. The minimum atomic E-state index is -0.797. The smallest absolute Gasteiger partial charge is 0.306 e. The predicted molar refractivity (Wildman–Crippen MR) is 265 cm³/mol. The first kappa shape index (κ1) is 59.4. The number of hydrogen-bond acceptors (Lipinski definition) is 6. The summed E-state index contributed by atoms with van der Waals surface area (Å²) >= 11 is 0. The molecule has 0 saturated carbocycles. The highest BCUT2D eigenvalue weighted by atomic mass is 16.6. The van der Waals surface area contributed by atoms with Crippen LogP contribution >= 0.6 is 0 Å². The number of hydrogen-bond donors (Lipinski definition) is 0. The SMILES string of the molecule is CCCCCC/C=C\CCCCCCCCCC(=O)OC[C@H](COC(=O)CCCCCCCCCCCCCC)OC(=O)CCC/C=C\C/C=C\C/C=C\CCCCCCCC. The van der Waals surface area contributed by atoms with Crippen LogP contribution in [0.1, 0.15) is 271 Å². The van der Waals surface area contributed by atoms with E-state index in [0.717, 1.165) is 57.8 Å². The van der Waals surface area contributed by atoms with E-state index in [4.69, 9.17) is 14.2 Å². The van der Waals surface area contributed by atoms with Crippen molar-refractivity contribution in [2.45, 2.75) is 277 Å². The van der Waals surface area contributed by atoms with Gasteiger partial charge >= 0.3 is 17.9 Å². The first-order chi connectivity index (χ1) is 30.5. The van der Waals surface area contributed by atoms with Crippen LogP contribution in [0.5, 0.6) is 0 Å². The standard InChI is InChI=1S/C56H100O6/c1-4-7-10-13-16-19-22-25-27-28-30-32-35-38-41-44-47-50-56(59)62-53(51-60-54(57)48-45-42-39-36-33-24-21-18-15-12-9-6-3)52-61-55(58)49-46-43-40-37-34-31-29-26-23-20-17-14-11-8-5-2/h20,23,25,27,30,32,38,41,53H,4-19,21-22,24,26,28-29,31,33-37,39-40,42-52H2,1-3H3/b23-20-,27-25-,32-30-,41-38-/t53-/m0/s1. The van der Waals surface area contributed by atoms with Gasteiger partial charge in [-0.05, 0) is 77.0 Å². The lowest BCUT2D eigenvalue weighted by molar-refractivity contribution is -0.167. The lowest BCUT2D eigenvalue weighted by Gasteiger charge is -2.18. The van der Waals surface area contributed by atoms with E-state index in [0.29, 0.717) is 19.3 Å². The van der Waals surface area contributed by atoms with Gasteiger partial charge in [0.05, 0.1) is 0 Å². The molecule has 0 aromatic carbocycles. The van der Waals surface area contributed by atoms with Crippen LogP contribution < -0.4 is 0 Å². The Bertz CT molecular complexity index is 1090. The van der Waals surface area contributed by atoms with Gasteiger partial charge in [0.1, 0.15) is 13.2 Å². The molecule has 0 spiro atoms. The summed E-state index contributed by atoms with van der Waals surface area (Å²) in [5.74, 6) is -0.941. The molecule has 62 heavy (non-hydrogen) atoms. The van der Waals surface area contributed by atoms with Gasteiger partial charge in [0.2, 0.25) is 0 Å². The van der Waals surface area contributed by atoms with Crippen molar-refractivity contribution in [3.8, 4) is 0 Å². The van der Waals surface area contributed by atoms with E-state index in [1.165, 1.54) is 167 Å². The Kier molecular flexibility index (Phi) is 48.8. The molecule has 0 bridgehead atoms. The molecule has 0 aliphatic carbocycles. The molecule has 0 aliphatic heterocycles. The summed E-state index contributed by atoms with van der Waals surface area (Å²) in [6.45, 7) is 6.59. The fraction of sp³-hybridized carbons (Fsp3) is 0.804. The maximum Gasteiger partial charge on any atom is 0.306 e. The van der Waals surface area contributed by atoms with Crippen molar-refractivity contribution in [2.24, 2.45) is 0 Å². The Hall–Kier alpha value is -2.63. The summed E-state index contributed by atoms with van der Waals surface area (Å²) in [7, 11) is 0. The van der Waals surface area contributed by atoms with Crippen molar-refractivity contribution in [3.05, 3.63) is 48.6 Å². The van der Waals surface area contributed by atoms with E-state index < -0.39 is 6.10 Å². The van der Waals surface area contributed by atoms with E-state index >= 15 is 0 Å². The molecule has 0 unspecified atom stereocenters. The van der Waals surface area contributed by atoms with E-state index in [9.17, 15) is 14.4 Å². The van der Waals surface area contributed by atoms with Gasteiger partial charge in [0.25, 0.3) is 0 Å². The quantitative estimate of drug-likeness (QED) is 0.0262. The van der Waals surface area contributed by atoms with Crippen LogP contribution in [0.4, 0.5) is 0 Å². The van der Waals surface area contributed by atoms with E-state index in [-0.39, 0.29) is 37.5 Å². The van der Waals surface area contributed by atoms with E-state index in [2.05, 4.69) is 69.4 Å². The number of unbranched alkanes of at least 4 members (excludes halogenated alkanes) is 29. The second-order valence-electron chi connectivity index (χ2n) is 17.8. The predicted octanol–water partition coefficient (Wildman–Crippen LogP) is 17.5. The zero-order chi connectivity index (χ0) is 45.1. The van der Waals surface area contributed by atoms with Gasteiger partial charge in [-0.15, -0.1) is 0 Å². The van der Waals surface area contributed by atoms with Crippen LogP contribution in [0.3, 0.4) is 0 Å². The normalized spacial score (nSPS) is 12.4. The minimum absolute atomic E-state index is 0.0919. The number of ether oxygens (including phenoxy) is 3. The molecule has 0 aromatic heterocycles. The average Bonchev–Trinajstić information content (AvgIpc) is 3.27. The molecule has 0 N–H and O–H groups in total. The number of allylic oxidation sites excluding steroid dienone is 8. The van der Waals surface area contributed by atoms with Crippen molar-refractivity contribution in [1.29, 1.82) is 0 Å². The van der Waals surface area contributed by atoms with Crippen LogP contribution in [0, 0.1) is 0 Å². The molecule has 0 aromatic rings. The zero-order valence-corrected chi connectivity index (χ0v) is 41.1. The highest BCUT2D eigenvalue weighted by Gasteiger charge is 2.19. The Morgan fingerprint density at radius 2 is 0.597 bits per heavy atom. The van der Waals surface area contributed by atoms with Crippen molar-refractivity contribution < 1.29 is 28.6 Å². The number of carbonyl (C=O) groups is 3. The van der Waals surface area contributed by atoms with Crippen LogP contribution in [0.15, 0.2) is 48.6 Å². The molecule has 0 amide bonds. The molecule has 360 valence electrons. The van der Waals surface area contributed by atoms with Gasteiger partial charge in [-0.25, -0.2) is 0 Å². The summed E-state index contributed by atoms with van der Waals surface area (Å²) in [4.78, 5) is 38.0. The lowest BCUT2D eigenvalue weighted by Crippen LogP contribution is -2.30. The summed E-state index contributed by atoms with van der Waals surface area (Å²) in [6, 6.07) is 0. The highest BCUT2D eigenvalue weighted by Crippen LogP contribution is 2.15. The maximum absolute atomic E-state index is 12.8. The van der Waals surface area contributed by atoms with Crippen LogP contribution in [-0.2, 0) is 28.6 Å². The monoisotopic (exact) mass is 869 g/mol. The maximum atomic E-state index is 12.8. The summed E-state index contributed by atoms with van der Waals surface area (Å²) in [5.41, 5.74) is 0. The fourth-order valence-electron chi connectivity index (χ4n) is 7.51. The molecular formula is C56H100O6. The molecule has 1 atom stereocenters. The molecule has 6 nitrogen and oxygen atoms in total. The average molecular weight is 869 g/mol. The van der Waals surface area contributed by atoms with Gasteiger partial charge in [0, 0.05) is 19.3 Å². The fourth-order valence-corrected chi connectivity index (χ4v) is 7.51. The number of rotatable bonds is 48. The molecule has 0 fully saturated rings. The van der Waals surface area contributed by atoms with Gasteiger partial charge < -0.3 is 14.2 Å². The van der Waals surface area contributed by atoms with Gasteiger partial charge in [-0.1, -0.05) is 223 Å². The van der Waals surface area contributed by atoms with E-state index in [1.807, 2.05) is 0 Å². The Morgan fingerprint density at radius 1 is 0.323 bits per heavy atom. The second-order valence-corrected chi connectivity index (χ2v) is 17.8. The third kappa shape index (κ3) is 48.4. The van der Waals surface area contributed by atoms with E-state index in [1.54, 1.807) is 0 Å². The zero-order valence-electron chi connectivity index (χ0n) is 41.1. The summed E-state index contributed by atoms with van der Waals surface area (Å²) < 4.78 is 16.8. The van der Waals surface area contributed by atoms with Crippen molar-refractivity contribution in [3.63, 3.8) is 0 Å². The van der Waals surface area contributed by atoms with Crippen molar-refractivity contribution >= 4 is 17.9 Å². The summed E-state index contributed by atoms with van der Waals surface area (Å²) in [6.07, 6.45) is 61.0. The largest absolute Gasteiger partial charge is 0.462 e. The third-order valence-electron chi connectivity index (χ3n) is 11.6. The van der Waals surface area contributed by atoms with Crippen LogP contribution in [0.25, 0.3) is 0 Å². The Balaban J connectivity index is 4.44. The first-order valence-corrected chi connectivity index (χ1v) is 26.6. The van der Waals surface area contributed by atoms with Crippen LogP contribution in [-0.4, -0.2) is 37.2 Å². The van der Waals surface area contributed by atoms with Gasteiger partial charge in [0.15, 0.2) is 6.10 Å². The highest BCUT2D eigenvalue weighted by molar-refractivity contribution is 5.71. The molecule has 0 radical (unpaired) electrons. The van der Waals surface area contributed by atoms with Gasteiger partial charge in [-0.3, -0.25) is 14.4 Å². The van der Waals surface area contributed by atoms with Crippen LogP contribution in [0.2, 0.25) is 0 Å². The third-order valence-corrected chi connectivity index (χ3v) is 11.6. The number of esters is 3. The van der Waals surface area contributed by atoms with Crippen molar-refractivity contribution in [1.82, 2.24) is 0 Å². The minimum Gasteiger partial charge on any atom is -0.462 e. The first-order valence-electron chi connectivity index (χ1n) is 26.6. The molecule has 0 aliphatic rings. The molecule has 6 heteroatoms. The molecule has 0 rings (SSSR count). The second kappa shape index (κ2) is 51.0. The van der Waals surface area contributed by atoms with Gasteiger partial charge in [-0.2, -0.15) is 0 Å². The molecule has 0 heterocycles. The summed E-state index contributed by atoms with van der Waals surface area (Å²) in [5, 5.41) is 0.